The first-order valence-corrected chi connectivity index (χ1v) is 10.7. The molecule has 1 N–H and O–H groups in total. The summed E-state index contributed by atoms with van der Waals surface area (Å²) in [5.74, 6) is 0.938. The molecule has 0 aliphatic heterocycles. The molecular formula is C22H29BrO3. The van der Waals surface area contributed by atoms with Crippen LogP contribution >= 0.6 is 15.9 Å². The lowest BCUT2D eigenvalue weighted by atomic mass is 9.45. The monoisotopic (exact) mass is 420 g/mol. The van der Waals surface area contributed by atoms with Crippen LogP contribution < -0.4 is 0 Å². The number of aliphatic hydroxyl groups excluding tert-OH is 1. The van der Waals surface area contributed by atoms with Gasteiger partial charge in [0.1, 0.15) is 5.78 Å². The van der Waals surface area contributed by atoms with E-state index in [-0.39, 0.29) is 34.2 Å². The van der Waals surface area contributed by atoms with Crippen LogP contribution in [0, 0.1) is 28.6 Å². The van der Waals surface area contributed by atoms with Crippen LogP contribution in [-0.4, -0.2) is 27.1 Å². The minimum atomic E-state index is -0.538. The average Bonchev–Trinajstić information content (AvgIpc) is 2.89. The summed E-state index contributed by atoms with van der Waals surface area (Å²) >= 11 is 4.07. The van der Waals surface area contributed by atoms with Crippen LogP contribution in [0.5, 0.6) is 0 Å². The summed E-state index contributed by atoms with van der Waals surface area (Å²) < 4.78 is -0.462. The first-order valence-electron chi connectivity index (χ1n) is 9.88. The molecule has 0 aromatic carbocycles. The summed E-state index contributed by atoms with van der Waals surface area (Å²) in [6, 6.07) is 0. The van der Waals surface area contributed by atoms with Crippen LogP contribution in [0.3, 0.4) is 0 Å². The Bertz CT molecular complexity index is 752. The molecule has 4 heteroatoms. The molecule has 0 saturated heterocycles. The smallest absolute Gasteiger partial charge is 0.155 e. The fourth-order valence-corrected chi connectivity index (χ4v) is 7.94. The van der Waals surface area contributed by atoms with E-state index in [1.54, 1.807) is 6.92 Å². The number of carbonyl (C=O) groups excluding carboxylic acids is 2. The van der Waals surface area contributed by atoms with Crippen molar-refractivity contribution in [3.05, 3.63) is 23.3 Å². The summed E-state index contributed by atoms with van der Waals surface area (Å²) in [5, 5.41) is 11.4. The van der Waals surface area contributed by atoms with Crippen LogP contribution in [0.4, 0.5) is 0 Å². The van der Waals surface area contributed by atoms with Crippen LogP contribution in [0.2, 0.25) is 0 Å². The van der Waals surface area contributed by atoms with Crippen molar-refractivity contribution in [3.8, 4) is 0 Å². The Morgan fingerprint density at radius 3 is 2.65 bits per heavy atom. The maximum absolute atomic E-state index is 12.3. The Balaban J connectivity index is 1.85. The fourth-order valence-electron chi connectivity index (χ4n) is 6.92. The molecule has 0 aromatic heterocycles. The molecule has 26 heavy (non-hydrogen) atoms. The Morgan fingerprint density at radius 1 is 1.31 bits per heavy atom. The van der Waals surface area contributed by atoms with E-state index < -0.39 is 10.4 Å². The van der Waals surface area contributed by atoms with Gasteiger partial charge in [0, 0.05) is 23.2 Å². The number of alkyl halides is 1. The van der Waals surface area contributed by atoms with E-state index in [1.807, 2.05) is 6.08 Å². The van der Waals surface area contributed by atoms with Gasteiger partial charge in [-0.25, -0.2) is 0 Å². The highest BCUT2D eigenvalue weighted by Gasteiger charge is 2.68. The van der Waals surface area contributed by atoms with Crippen molar-refractivity contribution in [2.24, 2.45) is 28.6 Å². The summed E-state index contributed by atoms with van der Waals surface area (Å²) in [7, 11) is 0. The number of fused-ring (bicyclic) bond motifs is 5. The molecule has 2 saturated carbocycles. The van der Waals surface area contributed by atoms with Gasteiger partial charge in [0.2, 0.25) is 0 Å². The van der Waals surface area contributed by atoms with Crippen molar-refractivity contribution in [1.82, 2.24) is 0 Å². The van der Waals surface area contributed by atoms with Gasteiger partial charge in [-0.2, -0.15) is 0 Å². The lowest BCUT2D eigenvalue weighted by Gasteiger charge is -2.64. The van der Waals surface area contributed by atoms with E-state index in [2.05, 4.69) is 42.8 Å². The Kier molecular flexibility index (Phi) is 4.03. The number of allylic oxidation sites excluding steroid dienone is 4. The van der Waals surface area contributed by atoms with E-state index in [0.29, 0.717) is 18.8 Å². The standard InChI is InChI=1S/C22H29BrO3/c1-12-9-18-16-6-5-15(13(2)24)20(16,3)11-19(26)22(18,23)21(4)8-7-14(25)10-17(12)21/h6,10,12,15,18-19,26H,5,7-9,11H2,1-4H3/t12-,15?,18?,19?,20?,21?,22-/m0/s1. The first kappa shape index (κ1) is 18.6. The van der Waals surface area contributed by atoms with Crippen molar-refractivity contribution < 1.29 is 14.7 Å². The van der Waals surface area contributed by atoms with Gasteiger partial charge in [-0.15, -0.1) is 0 Å². The Hall–Kier alpha value is -0.740. The molecule has 3 nitrogen and oxygen atoms in total. The SMILES string of the molecule is CC(=O)C1CC=C2C3C[C@H](C)C4=CC(=O)CCC4(C)[C@@]3(Br)C(O)CC21C. The van der Waals surface area contributed by atoms with Gasteiger partial charge >= 0.3 is 0 Å². The molecule has 0 heterocycles. The molecule has 0 aromatic rings. The first-order chi connectivity index (χ1) is 12.1. The third-order valence-electron chi connectivity index (χ3n) is 8.27. The maximum Gasteiger partial charge on any atom is 0.155 e. The summed E-state index contributed by atoms with van der Waals surface area (Å²) in [5.41, 5.74) is 2.09. The fraction of sp³-hybridized carbons (Fsp3) is 0.727. The molecule has 0 amide bonds. The molecule has 7 atom stereocenters. The molecule has 142 valence electrons. The van der Waals surface area contributed by atoms with E-state index in [9.17, 15) is 14.7 Å². The predicted molar refractivity (Wildman–Crippen MR) is 105 cm³/mol. The lowest BCUT2D eigenvalue weighted by Crippen LogP contribution is -2.65. The van der Waals surface area contributed by atoms with Crippen molar-refractivity contribution >= 4 is 27.5 Å². The van der Waals surface area contributed by atoms with Crippen LogP contribution in [0.15, 0.2) is 23.3 Å². The summed E-state index contributed by atoms with van der Waals surface area (Å²) in [4.78, 5) is 24.4. The second-order valence-electron chi connectivity index (χ2n) is 9.55. The molecular weight excluding hydrogens is 392 g/mol. The zero-order valence-corrected chi connectivity index (χ0v) is 17.7. The van der Waals surface area contributed by atoms with Crippen LogP contribution in [0.1, 0.15) is 59.8 Å². The normalized spacial score (nSPS) is 50.3. The summed E-state index contributed by atoms with van der Waals surface area (Å²) in [6.07, 6.45) is 7.25. The third-order valence-corrected chi connectivity index (χ3v) is 10.2. The number of hydrogen-bond acceptors (Lipinski definition) is 3. The second-order valence-corrected chi connectivity index (χ2v) is 10.9. The minimum absolute atomic E-state index is 0.0165. The number of ketones is 2. The number of rotatable bonds is 1. The van der Waals surface area contributed by atoms with Gasteiger partial charge in [0.15, 0.2) is 5.78 Å². The maximum atomic E-state index is 12.3. The minimum Gasteiger partial charge on any atom is -0.392 e. The molecule has 0 spiro atoms. The zero-order chi connectivity index (χ0) is 19.1. The number of hydrogen-bond donors (Lipinski definition) is 1. The Labute approximate surface area is 164 Å². The molecule has 5 unspecified atom stereocenters. The third kappa shape index (κ3) is 2.09. The molecule has 0 bridgehead atoms. The van der Waals surface area contributed by atoms with Gasteiger partial charge in [-0.05, 0) is 50.5 Å². The second kappa shape index (κ2) is 5.64. The number of aliphatic hydroxyl groups is 1. The molecule has 4 rings (SSSR count). The number of carbonyl (C=O) groups is 2. The molecule has 2 fully saturated rings. The van der Waals surface area contributed by atoms with Crippen LogP contribution in [0.25, 0.3) is 0 Å². The zero-order valence-electron chi connectivity index (χ0n) is 16.1. The van der Waals surface area contributed by atoms with Gasteiger partial charge in [-0.1, -0.05) is 53.9 Å². The predicted octanol–water partition coefficient (Wildman–Crippen LogP) is 4.38. The number of Topliss-reactive ketones (excluding diaryl/α,β-unsaturated/α-hetero) is 1. The van der Waals surface area contributed by atoms with Gasteiger partial charge in [0.05, 0.1) is 10.4 Å². The van der Waals surface area contributed by atoms with Crippen molar-refractivity contribution in [2.75, 3.05) is 0 Å². The van der Waals surface area contributed by atoms with Crippen molar-refractivity contribution in [3.63, 3.8) is 0 Å². The Morgan fingerprint density at radius 2 is 2.00 bits per heavy atom. The van der Waals surface area contributed by atoms with Gasteiger partial charge in [0.25, 0.3) is 0 Å². The average molecular weight is 421 g/mol. The lowest BCUT2D eigenvalue weighted by molar-refractivity contribution is -0.126. The van der Waals surface area contributed by atoms with E-state index >= 15 is 0 Å². The molecule has 4 aliphatic carbocycles. The largest absolute Gasteiger partial charge is 0.392 e. The van der Waals surface area contributed by atoms with Crippen molar-refractivity contribution in [1.29, 1.82) is 0 Å². The highest BCUT2D eigenvalue weighted by atomic mass is 79.9. The van der Waals surface area contributed by atoms with E-state index in [1.165, 1.54) is 11.1 Å². The highest BCUT2D eigenvalue weighted by molar-refractivity contribution is 9.10. The van der Waals surface area contributed by atoms with Crippen LogP contribution in [-0.2, 0) is 9.59 Å². The molecule has 4 aliphatic rings. The van der Waals surface area contributed by atoms with E-state index in [4.69, 9.17) is 0 Å². The topological polar surface area (TPSA) is 54.4 Å². The summed E-state index contributed by atoms with van der Waals surface area (Å²) in [6.45, 7) is 8.31. The highest BCUT2D eigenvalue weighted by Crippen LogP contribution is 2.70. The van der Waals surface area contributed by atoms with Gasteiger partial charge < -0.3 is 5.11 Å². The van der Waals surface area contributed by atoms with E-state index in [0.717, 1.165) is 19.3 Å². The molecule has 0 radical (unpaired) electrons. The quantitative estimate of drug-likeness (QED) is 0.505. The number of halogens is 1. The van der Waals surface area contributed by atoms with Crippen molar-refractivity contribution in [2.45, 2.75) is 70.2 Å². The van der Waals surface area contributed by atoms with Gasteiger partial charge in [-0.3, -0.25) is 9.59 Å².